The minimum Gasteiger partial charge on any atom is -1.00 e. The molecule has 0 heterocycles. The summed E-state index contributed by atoms with van der Waals surface area (Å²) in [4.78, 5) is 21.1. The fourth-order valence-electron chi connectivity index (χ4n) is 0.464. The van der Waals surface area contributed by atoms with Crippen LogP contribution in [0.25, 0.3) is 0 Å². The molecule has 0 radical (unpaired) electrons. The molecule has 0 bridgehead atoms. The Morgan fingerprint density at radius 2 is 1.38 bits per heavy atom. The molecule has 0 unspecified atom stereocenters. The Balaban J connectivity index is -0.000000500. The van der Waals surface area contributed by atoms with E-state index in [0.29, 0.717) is 0 Å². The summed E-state index contributed by atoms with van der Waals surface area (Å²) >= 11 is 0. The normalized spacial score (nSPS) is 7.23. The number of hydrogen-bond acceptors (Lipinski definition) is 4. The van der Waals surface area contributed by atoms with Crippen LogP contribution in [0.1, 0.15) is 13.8 Å². The van der Waals surface area contributed by atoms with E-state index < -0.39 is 11.9 Å². The molecule has 0 atom stereocenters. The largest absolute Gasteiger partial charge is 2.00 e. The van der Waals surface area contributed by atoms with Crippen LogP contribution in [0.3, 0.4) is 0 Å². The topological polar surface area (TPSA) is 52.6 Å². The summed E-state index contributed by atoms with van der Waals surface area (Å²) in [5, 5.41) is 0. The van der Waals surface area contributed by atoms with Crippen LogP contribution in [0.5, 0.6) is 0 Å². The first kappa shape index (κ1) is 18.6. The molecule has 0 saturated heterocycles. The average Bonchev–Trinajstić information content (AvgIpc) is 1.87. The molecule has 0 N–H and O–H groups in total. The van der Waals surface area contributed by atoms with Gasteiger partial charge in [-0.15, -0.1) is 0 Å². The molecule has 13 heavy (non-hydrogen) atoms. The Kier molecular flexibility index (Phi) is 17.0. The van der Waals surface area contributed by atoms with Crippen molar-refractivity contribution in [3.05, 3.63) is 6.42 Å². The number of esters is 2. The average molecular weight is 219 g/mol. The molecule has 0 rings (SSSR count). The van der Waals surface area contributed by atoms with Crippen LogP contribution in [0.4, 0.5) is 0 Å². The molecule has 0 amide bonds. The van der Waals surface area contributed by atoms with Gasteiger partial charge in [0.05, 0.1) is 13.2 Å². The first-order valence-electron chi connectivity index (χ1n) is 3.39. The standard InChI is InChI=1S/C7H11O4.ClH.Mg/c1-3-10-6(8)5-7(9)11-4-2;;/h5H,3-4H2,1-2H3;1H;/q-1;;+2/p-1. The number of ether oxygens (including phenoxy) is 2. The molecule has 0 aromatic rings. The third-order valence-corrected chi connectivity index (χ3v) is 0.809. The molecule has 72 valence electrons. The molecule has 0 fully saturated rings. The van der Waals surface area contributed by atoms with E-state index in [1.165, 1.54) is 0 Å². The van der Waals surface area contributed by atoms with Gasteiger partial charge in [0, 0.05) is 0 Å². The number of carbonyl (C=O) groups excluding carboxylic acids is 2. The third-order valence-electron chi connectivity index (χ3n) is 0.809. The zero-order chi connectivity index (χ0) is 8.69. The molecule has 6 heteroatoms. The first-order chi connectivity index (χ1) is 5.20. The summed E-state index contributed by atoms with van der Waals surface area (Å²) in [7, 11) is 0. The second-order valence-corrected chi connectivity index (χ2v) is 1.65. The Labute approximate surface area is 99.9 Å². The van der Waals surface area contributed by atoms with E-state index in [4.69, 9.17) is 0 Å². The predicted molar refractivity (Wildman–Crippen MR) is 43.3 cm³/mol. The van der Waals surface area contributed by atoms with Gasteiger partial charge in [-0.25, -0.2) is 0 Å². The van der Waals surface area contributed by atoms with Crippen molar-refractivity contribution in [2.75, 3.05) is 13.2 Å². The van der Waals surface area contributed by atoms with Gasteiger partial charge in [0.15, 0.2) is 11.9 Å². The van der Waals surface area contributed by atoms with E-state index in [2.05, 4.69) is 9.47 Å². The fourth-order valence-corrected chi connectivity index (χ4v) is 0.464. The fraction of sp³-hybridized carbons (Fsp3) is 0.571. The Hall–Kier alpha value is -0.134. The van der Waals surface area contributed by atoms with Crippen LogP contribution in [0.15, 0.2) is 0 Å². The van der Waals surface area contributed by atoms with Crippen molar-refractivity contribution >= 4 is 35.0 Å². The summed E-state index contributed by atoms with van der Waals surface area (Å²) in [6.07, 6.45) is 0.785. The summed E-state index contributed by atoms with van der Waals surface area (Å²) in [6, 6.07) is 0. The molecule has 0 aromatic carbocycles. The van der Waals surface area contributed by atoms with E-state index >= 15 is 0 Å². The van der Waals surface area contributed by atoms with Gasteiger partial charge in [-0.3, -0.25) is 9.59 Å². The van der Waals surface area contributed by atoms with Crippen molar-refractivity contribution in [2.24, 2.45) is 0 Å². The molecular weight excluding hydrogens is 208 g/mol. The van der Waals surface area contributed by atoms with Crippen LogP contribution in [0, 0.1) is 6.42 Å². The van der Waals surface area contributed by atoms with Crippen LogP contribution in [-0.4, -0.2) is 48.2 Å². The van der Waals surface area contributed by atoms with Crippen molar-refractivity contribution in [3.8, 4) is 0 Å². The summed E-state index contributed by atoms with van der Waals surface area (Å²) in [5.41, 5.74) is 0. The van der Waals surface area contributed by atoms with Crippen molar-refractivity contribution in [1.82, 2.24) is 0 Å². The molecule has 0 saturated carbocycles. The van der Waals surface area contributed by atoms with Crippen molar-refractivity contribution < 1.29 is 31.5 Å². The zero-order valence-electron chi connectivity index (χ0n) is 7.71. The molecule has 0 spiro atoms. The van der Waals surface area contributed by atoms with E-state index in [-0.39, 0.29) is 48.7 Å². The molecule has 0 aliphatic heterocycles. The van der Waals surface area contributed by atoms with Gasteiger partial charge in [0.2, 0.25) is 0 Å². The zero-order valence-corrected chi connectivity index (χ0v) is 9.88. The van der Waals surface area contributed by atoms with E-state index in [9.17, 15) is 9.59 Å². The molecule has 0 aliphatic rings. The predicted octanol–water partition coefficient (Wildman–Crippen LogP) is -3.06. The van der Waals surface area contributed by atoms with Gasteiger partial charge in [-0.1, -0.05) is 0 Å². The van der Waals surface area contributed by atoms with Crippen molar-refractivity contribution in [2.45, 2.75) is 13.8 Å². The van der Waals surface area contributed by atoms with E-state index in [1.807, 2.05) is 0 Å². The van der Waals surface area contributed by atoms with Gasteiger partial charge in [-0.2, -0.15) is 6.42 Å². The maximum Gasteiger partial charge on any atom is 2.00 e. The number of rotatable bonds is 4. The Morgan fingerprint density at radius 1 is 1.08 bits per heavy atom. The summed E-state index contributed by atoms with van der Waals surface area (Å²) < 4.78 is 8.93. The Bertz CT molecular complexity index is 135. The van der Waals surface area contributed by atoms with E-state index in [1.54, 1.807) is 13.8 Å². The molecule has 0 aliphatic carbocycles. The third kappa shape index (κ3) is 11.9. The van der Waals surface area contributed by atoms with Crippen LogP contribution in [-0.2, 0) is 19.1 Å². The van der Waals surface area contributed by atoms with E-state index in [0.717, 1.165) is 6.42 Å². The van der Waals surface area contributed by atoms with Gasteiger partial charge in [-0.05, 0) is 13.8 Å². The van der Waals surface area contributed by atoms with Gasteiger partial charge < -0.3 is 21.9 Å². The van der Waals surface area contributed by atoms with Gasteiger partial charge in [0.25, 0.3) is 0 Å². The smallest absolute Gasteiger partial charge is 1.00 e. The minimum atomic E-state index is -0.661. The van der Waals surface area contributed by atoms with Crippen molar-refractivity contribution in [1.29, 1.82) is 0 Å². The molecule has 4 nitrogen and oxygen atoms in total. The van der Waals surface area contributed by atoms with Crippen LogP contribution < -0.4 is 12.4 Å². The molecule has 0 aromatic heterocycles. The Morgan fingerprint density at radius 3 is 1.62 bits per heavy atom. The number of carbonyl (C=O) groups is 2. The van der Waals surface area contributed by atoms with Crippen molar-refractivity contribution in [3.63, 3.8) is 0 Å². The van der Waals surface area contributed by atoms with Crippen LogP contribution >= 0.6 is 0 Å². The van der Waals surface area contributed by atoms with Crippen LogP contribution in [0.2, 0.25) is 0 Å². The van der Waals surface area contributed by atoms with Gasteiger partial charge in [0.1, 0.15) is 0 Å². The maximum atomic E-state index is 10.5. The quantitative estimate of drug-likeness (QED) is 0.218. The second-order valence-electron chi connectivity index (χ2n) is 1.65. The summed E-state index contributed by atoms with van der Waals surface area (Å²) in [5.74, 6) is -1.32. The summed E-state index contributed by atoms with van der Waals surface area (Å²) in [6.45, 7) is 3.84. The monoisotopic (exact) mass is 218 g/mol. The first-order valence-corrected chi connectivity index (χ1v) is 3.39. The molecular formula is C7H11ClMgO4. The maximum absolute atomic E-state index is 10.5. The SMILES string of the molecule is CCOC(=O)[CH-]C(=O)OCC.[Cl-].[Mg+2]. The number of halogens is 1. The minimum absolute atomic E-state index is 0. The number of hydrogen-bond donors (Lipinski definition) is 0. The second kappa shape index (κ2) is 11.9. The van der Waals surface area contributed by atoms with Gasteiger partial charge >= 0.3 is 23.1 Å².